The van der Waals surface area contributed by atoms with Crippen LogP contribution in [0.1, 0.15) is 33.3 Å². The fourth-order valence-corrected chi connectivity index (χ4v) is 1.75. The number of nitrogens with zero attached hydrogens (tertiary/aromatic N) is 1. The van der Waals surface area contributed by atoms with Crippen LogP contribution in [-0.2, 0) is 0 Å². The van der Waals surface area contributed by atoms with E-state index in [1.54, 1.807) is 6.08 Å². The van der Waals surface area contributed by atoms with E-state index >= 15 is 0 Å². The van der Waals surface area contributed by atoms with Crippen LogP contribution in [-0.4, -0.2) is 12.8 Å². The van der Waals surface area contributed by atoms with Crippen molar-refractivity contribution in [2.75, 3.05) is 0 Å². The Morgan fingerprint density at radius 2 is 1.94 bits per heavy atom. The van der Waals surface area contributed by atoms with Gasteiger partial charge in [0.25, 0.3) is 0 Å². The first-order valence-electron chi connectivity index (χ1n) is 5.68. The molecule has 0 saturated heterocycles. The van der Waals surface area contributed by atoms with Gasteiger partial charge in [0.05, 0.1) is 6.10 Å². The van der Waals surface area contributed by atoms with Crippen LogP contribution in [0.4, 0.5) is 5.69 Å². The van der Waals surface area contributed by atoms with Crippen molar-refractivity contribution in [1.82, 2.24) is 0 Å². The number of ether oxygens (including phenoxy) is 1. The summed E-state index contributed by atoms with van der Waals surface area (Å²) in [6, 6.07) is 3.80. The highest BCUT2D eigenvalue weighted by Gasteiger charge is 2.10. The highest BCUT2D eigenvalue weighted by atomic mass is 79.9. The number of hydrogen-bond acceptors (Lipinski definition) is 2. The van der Waals surface area contributed by atoms with Crippen LogP contribution < -0.4 is 4.74 Å². The Kier molecular flexibility index (Phi) is 7.55. The molecule has 1 aromatic carbocycles. The van der Waals surface area contributed by atoms with Crippen LogP contribution in [0.2, 0.25) is 0 Å². The van der Waals surface area contributed by atoms with Gasteiger partial charge in [0.1, 0.15) is 11.4 Å². The molecule has 1 aromatic rings. The largest absolute Gasteiger partial charge is 0.489 e. The maximum absolute atomic E-state index is 5.63. The van der Waals surface area contributed by atoms with Crippen molar-refractivity contribution < 1.29 is 4.74 Å². The van der Waals surface area contributed by atoms with E-state index in [0.29, 0.717) is 0 Å². The molecule has 94 valence electrons. The molecule has 17 heavy (non-hydrogen) atoms. The molecule has 0 radical (unpaired) electrons. The molecule has 0 aliphatic carbocycles. The number of rotatable bonds is 4. The van der Waals surface area contributed by atoms with Crippen LogP contribution in [0.25, 0.3) is 6.08 Å². The fraction of sp³-hybridized carbons (Fsp3) is 0.357. The first kappa shape index (κ1) is 15.9. The summed E-state index contributed by atoms with van der Waals surface area (Å²) >= 11 is 3.43. The molecule has 3 heteroatoms. The van der Waals surface area contributed by atoms with E-state index in [1.807, 2.05) is 39.8 Å². The molecule has 0 unspecified atom stereocenters. The lowest BCUT2D eigenvalue weighted by atomic mass is 10.1. The molecule has 0 heterocycles. The number of benzene rings is 1. The first-order chi connectivity index (χ1) is 8.10. The molecule has 0 aliphatic rings. The van der Waals surface area contributed by atoms with Crippen molar-refractivity contribution in [2.24, 2.45) is 4.99 Å². The van der Waals surface area contributed by atoms with Gasteiger partial charge >= 0.3 is 0 Å². The number of halogens is 1. The van der Waals surface area contributed by atoms with Crippen molar-refractivity contribution in [3.63, 3.8) is 0 Å². The standard InChI is InChI=1S/C12H14BrNO.C2H6/c1-5-9-10(13)6-7-11(12(9)14-4)15-8(2)3;1-2/h5-8H,1,4H2,2-3H3;1-2H3. The van der Waals surface area contributed by atoms with Crippen molar-refractivity contribution in [1.29, 1.82) is 0 Å². The Hall–Kier alpha value is -1.09. The lowest BCUT2D eigenvalue weighted by Gasteiger charge is -2.14. The molecule has 0 atom stereocenters. The molecule has 0 aromatic heterocycles. The van der Waals surface area contributed by atoms with Crippen molar-refractivity contribution in [3.8, 4) is 5.75 Å². The molecular weight excluding hydrogens is 278 g/mol. The lowest BCUT2D eigenvalue weighted by Crippen LogP contribution is -2.05. The summed E-state index contributed by atoms with van der Waals surface area (Å²) < 4.78 is 6.57. The van der Waals surface area contributed by atoms with E-state index in [2.05, 4.69) is 34.2 Å². The van der Waals surface area contributed by atoms with Gasteiger partial charge in [0.2, 0.25) is 0 Å². The van der Waals surface area contributed by atoms with Crippen molar-refractivity contribution >= 4 is 34.4 Å². The molecule has 1 rings (SSSR count). The minimum Gasteiger partial charge on any atom is -0.489 e. The van der Waals surface area contributed by atoms with Gasteiger partial charge in [-0.15, -0.1) is 0 Å². The van der Waals surface area contributed by atoms with E-state index in [9.17, 15) is 0 Å². The van der Waals surface area contributed by atoms with Crippen molar-refractivity contribution in [3.05, 3.63) is 28.7 Å². The molecule has 2 nitrogen and oxygen atoms in total. The maximum Gasteiger partial charge on any atom is 0.145 e. The highest BCUT2D eigenvalue weighted by molar-refractivity contribution is 9.10. The summed E-state index contributed by atoms with van der Waals surface area (Å²) in [6.45, 7) is 15.2. The van der Waals surface area contributed by atoms with Gasteiger partial charge in [-0.05, 0) is 32.7 Å². The zero-order chi connectivity index (χ0) is 13.4. The molecule has 0 fully saturated rings. The predicted octanol–water partition coefficient (Wildman–Crippen LogP) is 5.24. The van der Waals surface area contributed by atoms with E-state index in [4.69, 9.17) is 4.74 Å². The fourth-order valence-electron chi connectivity index (χ4n) is 1.27. The monoisotopic (exact) mass is 297 g/mol. The molecule has 0 bridgehead atoms. The van der Waals surface area contributed by atoms with Gasteiger partial charge in [-0.2, -0.15) is 0 Å². The normalized spacial score (nSPS) is 9.29. The van der Waals surface area contributed by atoms with Crippen molar-refractivity contribution in [2.45, 2.75) is 33.8 Å². The van der Waals surface area contributed by atoms with Gasteiger partial charge in [-0.3, -0.25) is 4.99 Å². The third-order valence-corrected chi connectivity index (χ3v) is 2.54. The van der Waals surface area contributed by atoms with Gasteiger partial charge in [0.15, 0.2) is 0 Å². The predicted molar refractivity (Wildman–Crippen MR) is 80.6 cm³/mol. The first-order valence-corrected chi connectivity index (χ1v) is 6.47. The molecule has 0 amide bonds. The third kappa shape index (κ3) is 4.35. The third-order valence-electron chi connectivity index (χ3n) is 1.85. The second kappa shape index (κ2) is 8.07. The highest BCUT2D eigenvalue weighted by Crippen LogP contribution is 2.37. The average molecular weight is 298 g/mol. The number of hydrogen-bond donors (Lipinski definition) is 0. The Balaban J connectivity index is 0.00000121. The average Bonchev–Trinajstić information content (AvgIpc) is 2.32. The molecule has 0 spiro atoms. The smallest absolute Gasteiger partial charge is 0.145 e. The summed E-state index contributed by atoms with van der Waals surface area (Å²) in [4.78, 5) is 3.98. The van der Waals surface area contributed by atoms with E-state index < -0.39 is 0 Å². The van der Waals surface area contributed by atoms with E-state index in [0.717, 1.165) is 21.5 Å². The second-order valence-electron chi connectivity index (χ2n) is 3.34. The minimum atomic E-state index is 0.115. The summed E-state index contributed by atoms with van der Waals surface area (Å²) in [5, 5.41) is 0. The summed E-state index contributed by atoms with van der Waals surface area (Å²) in [7, 11) is 0. The van der Waals surface area contributed by atoms with E-state index in [-0.39, 0.29) is 6.10 Å². The van der Waals surface area contributed by atoms with Gasteiger partial charge < -0.3 is 4.74 Å². The maximum atomic E-state index is 5.63. The van der Waals surface area contributed by atoms with E-state index in [1.165, 1.54) is 0 Å². The lowest BCUT2D eigenvalue weighted by molar-refractivity contribution is 0.243. The van der Waals surface area contributed by atoms with Crippen LogP contribution in [0.15, 0.2) is 28.2 Å². The minimum absolute atomic E-state index is 0.115. The Labute approximate surface area is 113 Å². The SMILES string of the molecule is C=Cc1c(Br)ccc(OC(C)C)c1N=C.CC. The Bertz CT molecular complexity index is 386. The zero-order valence-electron chi connectivity index (χ0n) is 11.0. The van der Waals surface area contributed by atoms with Gasteiger partial charge in [-0.25, -0.2) is 0 Å². The molecule has 0 aliphatic heterocycles. The molecule has 0 N–H and O–H groups in total. The summed E-state index contributed by atoms with van der Waals surface area (Å²) in [5.41, 5.74) is 1.64. The van der Waals surface area contributed by atoms with Gasteiger partial charge in [0, 0.05) is 10.0 Å². The quantitative estimate of drug-likeness (QED) is 0.697. The summed E-state index contributed by atoms with van der Waals surface area (Å²) in [6.07, 6.45) is 1.85. The van der Waals surface area contributed by atoms with Crippen LogP contribution >= 0.6 is 15.9 Å². The Morgan fingerprint density at radius 3 is 2.35 bits per heavy atom. The molecular formula is C14H20BrNO. The molecule has 0 saturated carbocycles. The van der Waals surface area contributed by atoms with Gasteiger partial charge in [-0.1, -0.05) is 42.4 Å². The summed E-state index contributed by atoms with van der Waals surface area (Å²) in [5.74, 6) is 0.734. The second-order valence-corrected chi connectivity index (χ2v) is 4.19. The van der Waals surface area contributed by atoms with Crippen LogP contribution in [0.3, 0.4) is 0 Å². The zero-order valence-corrected chi connectivity index (χ0v) is 12.5. The number of aliphatic imine (C=N–C) groups is 1. The Morgan fingerprint density at radius 1 is 1.35 bits per heavy atom. The van der Waals surface area contributed by atoms with Crippen LogP contribution in [0, 0.1) is 0 Å². The van der Waals surface area contributed by atoms with Crippen LogP contribution in [0.5, 0.6) is 5.75 Å². The topological polar surface area (TPSA) is 21.6 Å².